The van der Waals surface area contributed by atoms with E-state index in [2.05, 4.69) is 20.5 Å². The van der Waals surface area contributed by atoms with Crippen LogP contribution in [0.25, 0.3) is 11.6 Å². The average Bonchev–Trinajstić information content (AvgIpc) is 3.37. The van der Waals surface area contributed by atoms with Crippen molar-refractivity contribution in [2.24, 2.45) is 0 Å². The van der Waals surface area contributed by atoms with E-state index >= 15 is 0 Å². The van der Waals surface area contributed by atoms with E-state index in [0.29, 0.717) is 17.0 Å². The summed E-state index contributed by atoms with van der Waals surface area (Å²) in [5, 5.41) is 6.39. The number of likely N-dealkylation sites (tertiary alicyclic amines) is 1. The molecule has 0 spiro atoms. The van der Waals surface area contributed by atoms with Crippen molar-refractivity contribution < 1.29 is 9.59 Å². The Hall–Kier alpha value is -2.57. The fourth-order valence-electron chi connectivity index (χ4n) is 3.72. The Morgan fingerprint density at radius 2 is 2.11 bits per heavy atom. The minimum Gasteiger partial charge on any atom is -0.360 e. The molecule has 3 heterocycles. The van der Waals surface area contributed by atoms with Gasteiger partial charge in [-0.25, -0.2) is 0 Å². The maximum Gasteiger partial charge on any atom is 0.256 e. The first-order valence-corrected chi connectivity index (χ1v) is 9.92. The number of anilines is 2. The third kappa shape index (κ3) is 3.84. The molecule has 0 radical (unpaired) electrons. The zero-order valence-electron chi connectivity index (χ0n) is 15.8. The summed E-state index contributed by atoms with van der Waals surface area (Å²) < 4.78 is 0. The highest BCUT2D eigenvalue weighted by Crippen LogP contribution is 2.35. The maximum absolute atomic E-state index is 12.3. The van der Waals surface area contributed by atoms with Gasteiger partial charge < -0.3 is 20.5 Å². The molecule has 0 unspecified atom stereocenters. The molecule has 0 bridgehead atoms. The van der Waals surface area contributed by atoms with E-state index in [4.69, 9.17) is 11.6 Å². The van der Waals surface area contributed by atoms with Crippen LogP contribution in [0.2, 0.25) is 5.02 Å². The number of hydrogen-bond donors (Lipinski definition) is 3. The summed E-state index contributed by atoms with van der Waals surface area (Å²) in [6.45, 7) is 4.89. The molecule has 1 saturated heterocycles. The van der Waals surface area contributed by atoms with E-state index in [1.807, 2.05) is 6.92 Å². The number of halogens is 1. The molecule has 4 rings (SSSR count). The fourth-order valence-corrected chi connectivity index (χ4v) is 3.89. The van der Waals surface area contributed by atoms with Crippen LogP contribution in [-0.2, 0) is 9.59 Å². The molecule has 3 N–H and O–H groups in total. The van der Waals surface area contributed by atoms with Crippen LogP contribution in [0.4, 0.5) is 11.4 Å². The Kier molecular flexibility index (Phi) is 5.24. The van der Waals surface area contributed by atoms with E-state index < -0.39 is 0 Å². The number of nitrogens with zero attached hydrogens (tertiary/aromatic N) is 1. The molecule has 1 aromatic heterocycles. The van der Waals surface area contributed by atoms with Crippen LogP contribution in [0.3, 0.4) is 0 Å². The molecule has 0 atom stereocenters. The number of hydrogen-bond acceptors (Lipinski definition) is 3. The Morgan fingerprint density at radius 1 is 1.32 bits per heavy atom. The monoisotopic (exact) mass is 398 g/mol. The van der Waals surface area contributed by atoms with Crippen molar-refractivity contribution in [3.05, 3.63) is 46.2 Å². The van der Waals surface area contributed by atoms with Crippen LogP contribution in [0, 0.1) is 6.92 Å². The maximum atomic E-state index is 12.3. The van der Waals surface area contributed by atoms with Gasteiger partial charge in [-0.1, -0.05) is 11.6 Å². The fraction of sp³-hybridized carbons (Fsp3) is 0.333. The molecule has 146 valence electrons. The second-order valence-electron chi connectivity index (χ2n) is 7.29. The minimum absolute atomic E-state index is 0.00365. The number of fused-ring (bicyclic) bond motifs is 1. The van der Waals surface area contributed by atoms with Gasteiger partial charge in [0.1, 0.15) is 0 Å². The number of benzene rings is 1. The van der Waals surface area contributed by atoms with Crippen LogP contribution in [-0.4, -0.2) is 41.3 Å². The van der Waals surface area contributed by atoms with Gasteiger partial charge >= 0.3 is 0 Å². The summed E-state index contributed by atoms with van der Waals surface area (Å²) in [6, 6.07) is 5.32. The summed E-state index contributed by atoms with van der Waals surface area (Å²) in [4.78, 5) is 30.1. The number of carbonyl (C=O) groups is 2. The lowest BCUT2D eigenvalue weighted by Crippen LogP contribution is -2.25. The second-order valence-corrected chi connectivity index (χ2v) is 7.73. The standard InChI is InChI=1S/C21H23ClN4O2/c1-13-18(11-16-15-10-14(22)4-5-17(15)25-21(16)28)23-12-19(13)24-20(27)6-9-26-7-2-3-8-26/h4-5,10-12,23H,2-3,6-9H2,1H3,(H,24,27)(H,25,28)/b16-11-. The zero-order chi connectivity index (χ0) is 19.7. The number of carbonyl (C=O) groups excluding carboxylic acids is 2. The van der Waals surface area contributed by atoms with Crippen molar-refractivity contribution in [2.45, 2.75) is 26.2 Å². The van der Waals surface area contributed by atoms with E-state index in [0.717, 1.165) is 47.8 Å². The number of rotatable bonds is 5. The molecule has 1 aromatic carbocycles. The molecule has 0 saturated carbocycles. The van der Waals surface area contributed by atoms with Gasteiger partial charge in [0.25, 0.3) is 5.91 Å². The Bertz CT molecular complexity index is 957. The summed E-state index contributed by atoms with van der Waals surface area (Å²) in [7, 11) is 0. The SMILES string of the molecule is Cc1c(NC(=O)CCN2CCCC2)c[nH]c1/C=C1\C(=O)Nc2ccc(Cl)cc21. The normalized spacial score (nSPS) is 17.8. The Balaban J connectivity index is 1.48. The minimum atomic E-state index is -0.164. The van der Waals surface area contributed by atoms with E-state index in [1.54, 1.807) is 30.5 Å². The second kappa shape index (κ2) is 7.81. The molecule has 2 aliphatic heterocycles. The summed E-state index contributed by atoms with van der Waals surface area (Å²) in [5.41, 5.74) is 4.50. The van der Waals surface area contributed by atoms with Gasteiger partial charge in [0, 0.05) is 41.1 Å². The van der Waals surface area contributed by atoms with E-state index in [1.165, 1.54) is 12.8 Å². The molecule has 0 aliphatic carbocycles. The van der Waals surface area contributed by atoms with Gasteiger partial charge in [-0.2, -0.15) is 0 Å². The molecule has 2 aliphatic rings. The lowest BCUT2D eigenvalue weighted by Gasteiger charge is -2.13. The third-order valence-corrected chi connectivity index (χ3v) is 5.60. The summed E-state index contributed by atoms with van der Waals surface area (Å²) in [6.07, 6.45) is 6.49. The quantitative estimate of drug-likeness (QED) is 0.668. The van der Waals surface area contributed by atoms with Gasteiger partial charge in [0.2, 0.25) is 5.91 Å². The smallest absolute Gasteiger partial charge is 0.256 e. The number of nitrogens with one attached hydrogen (secondary N) is 3. The molecule has 7 heteroatoms. The highest BCUT2D eigenvalue weighted by Gasteiger charge is 2.25. The lowest BCUT2D eigenvalue weighted by atomic mass is 10.0. The number of aromatic nitrogens is 1. The number of amides is 2. The van der Waals surface area contributed by atoms with Crippen molar-refractivity contribution in [1.29, 1.82) is 0 Å². The number of H-pyrrole nitrogens is 1. The lowest BCUT2D eigenvalue weighted by molar-refractivity contribution is -0.116. The molecule has 2 amide bonds. The first-order chi connectivity index (χ1) is 13.5. The van der Waals surface area contributed by atoms with Crippen LogP contribution >= 0.6 is 11.6 Å². The largest absolute Gasteiger partial charge is 0.360 e. The summed E-state index contributed by atoms with van der Waals surface area (Å²) in [5.74, 6) is -0.161. The first-order valence-electron chi connectivity index (χ1n) is 9.54. The van der Waals surface area contributed by atoms with Crippen LogP contribution < -0.4 is 10.6 Å². The Morgan fingerprint density at radius 3 is 2.89 bits per heavy atom. The van der Waals surface area contributed by atoms with Gasteiger partial charge in [0.15, 0.2) is 0 Å². The predicted molar refractivity (Wildman–Crippen MR) is 112 cm³/mol. The van der Waals surface area contributed by atoms with E-state index in [-0.39, 0.29) is 11.8 Å². The molecule has 28 heavy (non-hydrogen) atoms. The molecular weight excluding hydrogens is 376 g/mol. The van der Waals surface area contributed by atoms with Gasteiger partial charge in [-0.05, 0) is 62.7 Å². The third-order valence-electron chi connectivity index (χ3n) is 5.36. The molecule has 1 fully saturated rings. The van der Waals surface area contributed by atoms with Crippen LogP contribution in [0.1, 0.15) is 36.1 Å². The average molecular weight is 399 g/mol. The predicted octanol–water partition coefficient (Wildman–Crippen LogP) is 3.89. The highest BCUT2D eigenvalue weighted by molar-refractivity contribution is 6.36. The van der Waals surface area contributed by atoms with Crippen molar-refractivity contribution in [3.8, 4) is 0 Å². The Labute approximate surface area is 168 Å². The van der Waals surface area contributed by atoms with Gasteiger partial charge in [-0.3, -0.25) is 9.59 Å². The van der Waals surface area contributed by atoms with Gasteiger partial charge in [-0.15, -0.1) is 0 Å². The van der Waals surface area contributed by atoms with Crippen molar-refractivity contribution in [2.75, 3.05) is 30.3 Å². The van der Waals surface area contributed by atoms with Crippen molar-refractivity contribution in [1.82, 2.24) is 9.88 Å². The molecule has 2 aromatic rings. The molecular formula is C21H23ClN4O2. The van der Waals surface area contributed by atoms with Crippen molar-refractivity contribution >= 4 is 46.4 Å². The van der Waals surface area contributed by atoms with Crippen molar-refractivity contribution in [3.63, 3.8) is 0 Å². The topological polar surface area (TPSA) is 77.2 Å². The first kappa shape index (κ1) is 18.8. The summed E-state index contributed by atoms with van der Waals surface area (Å²) >= 11 is 6.08. The van der Waals surface area contributed by atoms with E-state index in [9.17, 15) is 9.59 Å². The van der Waals surface area contributed by atoms with Crippen LogP contribution in [0.5, 0.6) is 0 Å². The number of aromatic amines is 1. The zero-order valence-corrected chi connectivity index (χ0v) is 16.5. The molecule has 6 nitrogen and oxygen atoms in total. The van der Waals surface area contributed by atoms with Crippen LogP contribution in [0.15, 0.2) is 24.4 Å². The van der Waals surface area contributed by atoms with Gasteiger partial charge in [0.05, 0.1) is 11.3 Å². The highest BCUT2D eigenvalue weighted by atomic mass is 35.5.